The predicted molar refractivity (Wildman–Crippen MR) is 41.4 cm³/mol. The maximum Gasteiger partial charge on any atom is 0.180 e. The highest BCUT2D eigenvalue weighted by Gasteiger charge is 2.25. The molecule has 0 saturated carbocycles. The van der Waals surface area contributed by atoms with Gasteiger partial charge >= 0.3 is 0 Å². The second-order valence-electron chi connectivity index (χ2n) is 2.77. The van der Waals surface area contributed by atoms with Crippen LogP contribution >= 0.6 is 0 Å². The average Bonchev–Trinajstić information content (AvgIpc) is 2.57. The Morgan fingerprint density at radius 2 is 2.17 bits per heavy atom. The smallest absolute Gasteiger partial charge is 0.180 e. The second-order valence-corrected chi connectivity index (χ2v) is 2.77. The maximum absolute atomic E-state index is 8.86. The minimum atomic E-state index is -0.980. The van der Waals surface area contributed by atoms with Crippen LogP contribution in [-0.2, 0) is 0 Å². The Hall–Kier alpha value is -1.07. The molecule has 0 unspecified atom stereocenters. The minimum absolute atomic E-state index is 0.261. The van der Waals surface area contributed by atoms with Gasteiger partial charge < -0.3 is 15.1 Å². The van der Waals surface area contributed by atoms with Gasteiger partial charge in [0.1, 0.15) is 0 Å². The molecule has 1 aromatic rings. The van der Waals surface area contributed by atoms with Crippen molar-refractivity contribution in [1.82, 2.24) is 9.94 Å². The summed E-state index contributed by atoms with van der Waals surface area (Å²) in [7, 11) is 0. The van der Waals surface area contributed by atoms with Gasteiger partial charge in [0.25, 0.3) is 0 Å². The van der Waals surface area contributed by atoms with Crippen molar-refractivity contribution < 1.29 is 15.1 Å². The molecule has 0 aliphatic rings. The third-order valence-electron chi connectivity index (χ3n) is 1.46. The Bertz CT molecular complexity index is 219. The summed E-state index contributed by atoms with van der Waals surface area (Å²) in [5.41, 5.74) is -0.980. The first-order chi connectivity index (χ1) is 5.70. The molecule has 0 saturated heterocycles. The lowest BCUT2D eigenvalue weighted by molar-refractivity contribution is -0.112. The summed E-state index contributed by atoms with van der Waals surface area (Å²) in [6, 6.07) is 1.69. The number of nitrogens with zero attached hydrogens (tertiary/aromatic N) is 2. The van der Waals surface area contributed by atoms with Gasteiger partial charge in [0.2, 0.25) is 0 Å². The summed E-state index contributed by atoms with van der Waals surface area (Å²) in [4.78, 5) is 6.35. The van der Waals surface area contributed by atoms with Crippen LogP contribution in [0.3, 0.4) is 0 Å². The molecule has 1 heterocycles. The quantitative estimate of drug-likeness (QED) is 0.614. The Labute approximate surface area is 70.2 Å². The van der Waals surface area contributed by atoms with Crippen molar-refractivity contribution in [2.45, 2.75) is 12.5 Å². The van der Waals surface area contributed by atoms with E-state index in [4.69, 9.17) is 15.1 Å². The van der Waals surface area contributed by atoms with Crippen molar-refractivity contribution in [1.29, 1.82) is 0 Å². The first kappa shape index (κ1) is 9.02. The summed E-state index contributed by atoms with van der Waals surface area (Å²) in [5.74, 6) is 0. The molecule has 68 valence electrons. The van der Waals surface area contributed by atoms with E-state index in [1.807, 2.05) is 0 Å². The van der Waals surface area contributed by atoms with E-state index in [0.717, 1.165) is 0 Å². The highest BCUT2D eigenvalue weighted by atomic mass is 16.7. The SMILES string of the molecule is CC(CO)(CO)On1cccn1. The van der Waals surface area contributed by atoms with E-state index in [0.29, 0.717) is 0 Å². The zero-order chi connectivity index (χ0) is 9.03. The van der Waals surface area contributed by atoms with Crippen LogP contribution in [-0.4, -0.2) is 39.0 Å². The molecular formula is C7H12N2O3. The summed E-state index contributed by atoms with van der Waals surface area (Å²) in [6.45, 7) is 1.07. The van der Waals surface area contributed by atoms with Crippen LogP contribution < -0.4 is 4.84 Å². The molecule has 0 aliphatic carbocycles. The van der Waals surface area contributed by atoms with Crippen LogP contribution in [0.2, 0.25) is 0 Å². The van der Waals surface area contributed by atoms with Crippen LogP contribution in [0.4, 0.5) is 0 Å². The normalized spacial score (nSPS) is 11.6. The third kappa shape index (κ3) is 1.96. The first-order valence-electron chi connectivity index (χ1n) is 3.61. The van der Waals surface area contributed by atoms with Gasteiger partial charge in [-0.05, 0) is 13.0 Å². The van der Waals surface area contributed by atoms with E-state index in [9.17, 15) is 0 Å². The highest BCUT2D eigenvalue weighted by Crippen LogP contribution is 2.03. The Kier molecular flexibility index (Phi) is 2.67. The van der Waals surface area contributed by atoms with Crippen LogP contribution in [0.5, 0.6) is 0 Å². The number of rotatable bonds is 4. The molecule has 0 aliphatic heterocycles. The fourth-order valence-corrected chi connectivity index (χ4v) is 0.642. The van der Waals surface area contributed by atoms with Crippen molar-refractivity contribution in [2.75, 3.05) is 13.2 Å². The molecule has 0 radical (unpaired) electrons. The van der Waals surface area contributed by atoms with Gasteiger partial charge in [-0.2, -0.15) is 0 Å². The van der Waals surface area contributed by atoms with E-state index in [2.05, 4.69) is 5.10 Å². The Balaban J connectivity index is 2.60. The number of aromatic nitrogens is 2. The van der Waals surface area contributed by atoms with Crippen LogP contribution in [0.15, 0.2) is 18.5 Å². The van der Waals surface area contributed by atoms with E-state index in [-0.39, 0.29) is 13.2 Å². The maximum atomic E-state index is 8.86. The van der Waals surface area contributed by atoms with Crippen molar-refractivity contribution in [2.24, 2.45) is 0 Å². The van der Waals surface area contributed by atoms with Gasteiger partial charge in [-0.15, -0.1) is 9.94 Å². The van der Waals surface area contributed by atoms with Gasteiger partial charge in [0, 0.05) is 0 Å². The summed E-state index contributed by atoms with van der Waals surface area (Å²) < 4.78 is 0. The lowest BCUT2D eigenvalue weighted by Gasteiger charge is -2.24. The van der Waals surface area contributed by atoms with Gasteiger partial charge in [0.05, 0.1) is 25.6 Å². The van der Waals surface area contributed by atoms with E-state index < -0.39 is 5.60 Å². The summed E-state index contributed by atoms with van der Waals surface area (Å²) >= 11 is 0. The third-order valence-corrected chi connectivity index (χ3v) is 1.46. The molecule has 0 bridgehead atoms. The molecule has 5 nitrogen and oxygen atoms in total. The number of hydrogen-bond donors (Lipinski definition) is 2. The second kappa shape index (κ2) is 3.55. The van der Waals surface area contributed by atoms with Gasteiger partial charge in [-0.3, -0.25) is 0 Å². The van der Waals surface area contributed by atoms with E-state index in [1.54, 1.807) is 25.4 Å². The number of aliphatic hydroxyl groups is 2. The number of aliphatic hydroxyl groups excluding tert-OH is 2. The average molecular weight is 172 g/mol. The molecule has 0 atom stereocenters. The molecule has 0 fully saturated rings. The molecule has 1 rings (SSSR count). The van der Waals surface area contributed by atoms with Crippen molar-refractivity contribution >= 4 is 0 Å². The first-order valence-corrected chi connectivity index (χ1v) is 3.61. The highest BCUT2D eigenvalue weighted by molar-refractivity contribution is 4.78. The van der Waals surface area contributed by atoms with E-state index in [1.165, 1.54) is 4.85 Å². The van der Waals surface area contributed by atoms with Crippen molar-refractivity contribution in [3.05, 3.63) is 18.5 Å². The number of hydrogen-bond acceptors (Lipinski definition) is 4. The molecule has 12 heavy (non-hydrogen) atoms. The topological polar surface area (TPSA) is 67.5 Å². The molecule has 0 spiro atoms. The molecule has 2 N–H and O–H groups in total. The molecular weight excluding hydrogens is 160 g/mol. The van der Waals surface area contributed by atoms with Crippen molar-refractivity contribution in [3.63, 3.8) is 0 Å². The Morgan fingerprint density at radius 1 is 1.50 bits per heavy atom. The Morgan fingerprint density at radius 3 is 2.58 bits per heavy atom. The molecule has 1 aromatic heterocycles. The van der Waals surface area contributed by atoms with Gasteiger partial charge in [-0.25, -0.2) is 0 Å². The molecule has 0 aromatic carbocycles. The fraction of sp³-hybridized carbons (Fsp3) is 0.571. The fourth-order valence-electron chi connectivity index (χ4n) is 0.642. The van der Waals surface area contributed by atoms with E-state index >= 15 is 0 Å². The monoisotopic (exact) mass is 172 g/mol. The molecule has 5 heteroatoms. The lowest BCUT2D eigenvalue weighted by Crippen LogP contribution is -2.45. The zero-order valence-corrected chi connectivity index (χ0v) is 6.84. The van der Waals surface area contributed by atoms with Crippen LogP contribution in [0.25, 0.3) is 0 Å². The predicted octanol–water partition coefficient (Wildman–Crippen LogP) is -0.945. The van der Waals surface area contributed by atoms with Gasteiger partial charge in [-0.1, -0.05) is 0 Å². The summed E-state index contributed by atoms with van der Waals surface area (Å²) in [5, 5.41) is 21.5. The molecule has 0 amide bonds. The minimum Gasteiger partial charge on any atom is -0.392 e. The van der Waals surface area contributed by atoms with Gasteiger partial charge in [0.15, 0.2) is 5.60 Å². The zero-order valence-electron chi connectivity index (χ0n) is 6.84. The summed E-state index contributed by atoms with van der Waals surface area (Å²) in [6.07, 6.45) is 3.14. The largest absolute Gasteiger partial charge is 0.392 e. The lowest BCUT2D eigenvalue weighted by atomic mass is 10.1. The van der Waals surface area contributed by atoms with Crippen LogP contribution in [0, 0.1) is 0 Å². The standard InChI is InChI=1S/C7H12N2O3/c1-7(5-10,6-11)12-9-4-2-3-8-9/h2-4,10-11H,5-6H2,1H3. The van der Waals surface area contributed by atoms with Crippen molar-refractivity contribution in [3.8, 4) is 0 Å². The van der Waals surface area contributed by atoms with Crippen LogP contribution in [0.1, 0.15) is 6.92 Å².